The molecule has 0 fully saturated rings. The number of imidazole rings is 1. The van der Waals surface area contributed by atoms with Crippen molar-refractivity contribution < 1.29 is 23.6 Å². The highest BCUT2D eigenvalue weighted by molar-refractivity contribution is 5.82. The van der Waals surface area contributed by atoms with Crippen LogP contribution in [0.3, 0.4) is 0 Å². The largest absolute Gasteiger partial charge is 0.467 e. The lowest BCUT2D eigenvalue weighted by atomic mass is 9.98. The average Bonchev–Trinajstić information content (AvgIpc) is 3.77. The van der Waals surface area contributed by atoms with Crippen LogP contribution in [0, 0.1) is 0 Å². The third-order valence-corrected chi connectivity index (χ3v) is 12.0. The Morgan fingerprint density at radius 3 is 1.60 bits per heavy atom. The third kappa shape index (κ3) is 16.6. The van der Waals surface area contributed by atoms with E-state index in [1.807, 2.05) is 24.3 Å². The number of aryl methyl sites for hydroxylation is 2. The van der Waals surface area contributed by atoms with Gasteiger partial charge in [-0.1, -0.05) is 191 Å². The van der Waals surface area contributed by atoms with Crippen LogP contribution in [0.25, 0.3) is 11.1 Å². The van der Waals surface area contributed by atoms with Crippen LogP contribution in [0.5, 0.6) is 0 Å². The van der Waals surface area contributed by atoms with Gasteiger partial charge in [-0.05, 0) is 47.9 Å². The lowest BCUT2D eigenvalue weighted by Crippen LogP contribution is -2.44. The van der Waals surface area contributed by atoms with Gasteiger partial charge in [-0.2, -0.15) is 0 Å². The van der Waals surface area contributed by atoms with E-state index >= 15 is 0 Å². The summed E-state index contributed by atoms with van der Waals surface area (Å²) in [6.45, 7) is 6.61. The van der Waals surface area contributed by atoms with Crippen LogP contribution in [0.1, 0.15) is 191 Å². The Balaban J connectivity index is 1.27. The highest BCUT2D eigenvalue weighted by Gasteiger charge is 2.31. The van der Waals surface area contributed by atoms with Crippen LogP contribution in [-0.4, -0.2) is 36.4 Å². The molecule has 0 radical (unpaired) electrons. The van der Waals surface area contributed by atoms with E-state index in [-0.39, 0.29) is 12.5 Å². The van der Waals surface area contributed by atoms with Crippen molar-refractivity contribution in [1.82, 2.24) is 9.88 Å². The van der Waals surface area contributed by atoms with Gasteiger partial charge in [-0.15, -0.1) is 0 Å². The number of hydrogen-bond donors (Lipinski definition) is 1. The molecule has 57 heavy (non-hydrogen) atoms. The molecule has 1 aromatic heterocycles. The maximum atomic E-state index is 13.3. The van der Waals surface area contributed by atoms with Crippen molar-refractivity contribution in [3.05, 3.63) is 77.9 Å². The minimum atomic E-state index is -0.846. The van der Waals surface area contributed by atoms with E-state index in [9.17, 15) is 9.59 Å². The first-order chi connectivity index (χ1) is 28.0. The molecule has 0 bridgehead atoms. The monoisotopic (exact) mass is 785 g/mol. The van der Waals surface area contributed by atoms with Crippen molar-refractivity contribution in [2.24, 2.45) is 0 Å². The summed E-state index contributed by atoms with van der Waals surface area (Å²) in [7, 11) is 1.38. The predicted molar refractivity (Wildman–Crippen MR) is 234 cm³/mol. The van der Waals surface area contributed by atoms with Crippen molar-refractivity contribution in [2.75, 3.05) is 13.7 Å². The molecule has 1 N–H and O–H groups in total. The molecule has 1 amide bonds. The van der Waals surface area contributed by atoms with E-state index in [2.05, 4.69) is 65.1 Å². The zero-order valence-electron chi connectivity index (χ0n) is 36.3. The maximum absolute atomic E-state index is 13.3. The van der Waals surface area contributed by atoms with E-state index < -0.39 is 18.1 Å². The zero-order chi connectivity index (χ0) is 40.3. The molecule has 1 heterocycles. The summed E-state index contributed by atoms with van der Waals surface area (Å²) in [5, 5.41) is 2.87. The van der Waals surface area contributed by atoms with Crippen LogP contribution in [0.15, 0.2) is 61.1 Å². The molecule has 1 atom stereocenters. The molecule has 1 aliphatic carbocycles. The fourth-order valence-corrected chi connectivity index (χ4v) is 8.63. The number of hydrogen-bond acceptors (Lipinski definition) is 4. The number of carbonyl (C=O) groups is 2. The maximum Gasteiger partial charge on any atom is 0.407 e. The van der Waals surface area contributed by atoms with Gasteiger partial charge in [0.25, 0.3) is 0 Å². The second kappa shape index (κ2) is 27.9. The Bertz CT molecular complexity index is 1500. The minimum Gasteiger partial charge on any atom is -0.467 e. The fraction of sp³-hybridized carbons (Fsp3) is 0.660. The summed E-state index contributed by atoms with van der Waals surface area (Å²) < 4.78 is 15.6. The number of esters is 1. The second-order valence-electron chi connectivity index (χ2n) is 16.7. The summed E-state index contributed by atoms with van der Waals surface area (Å²) in [5.74, 6) is -0.513. The van der Waals surface area contributed by atoms with Gasteiger partial charge in [0.2, 0.25) is 6.33 Å². The lowest BCUT2D eigenvalue weighted by molar-refractivity contribution is -0.697. The molecule has 0 spiro atoms. The summed E-state index contributed by atoms with van der Waals surface area (Å²) in [4.78, 5) is 26.4. The molecule has 0 aliphatic heterocycles. The first-order valence-electron chi connectivity index (χ1n) is 23.3. The first-order valence-corrected chi connectivity index (χ1v) is 23.3. The highest BCUT2D eigenvalue weighted by atomic mass is 16.6. The normalized spacial score (nSPS) is 12.7. The quantitative estimate of drug-likeness (QED) is 0.0389. The van der Waals surface area contributed by atoms with E-state index in [1.54, 1.807) is 0 Å². The van der Waals surface area contributed by atoms with Crippen molar-refractivity contribution in [3.8, 4) is 11.1 Å². The van der Waals surface area contributed by atoms with Crippen molar-refractivity contribution in [3.63, 3.8) is 0 Å². The molecule has 7 nitrogen and oxygen atoms in total. The minimum absolute atomic E-state index is 0.0493. The van der Waals surface area contributed by atoms with Crippen molar-refractivity contribution >= 4 is 12.1 Å². The number of nitrogens with zero attached hydrogens (tertiary/aromatic N) is 2. The number of benzene rings is 2. The van der Waals surface area contributed by atoms with Crippen LogP contribution in [0.2, 0.25) is 0 Å². The van der Waals surface area contributed by atoms with Crippen molar-refractivity contribution in [2.45, 2.75) is 199 Å². The Labute approximate surface area is 346 Å². The molecule has 316 valence electrons. The summed E-state index contributed by atoms with van der Waals surface area (Å²) in [5.41, 5.74) is 5.71. The van der Waals surface area contributed by atoms with E-state index in [0.29, 0.717) is 6.42 Å². The molecule has 7 heteroatoms. The molecule has 1 aliphatic rings. The van der Waals surface area contributed by atoms with E-state index in [1.165, 1.54) is 159 Å². The van der Waals surface area contributed by atoms with Crippen LogP contribution in [-0.2, 0) is 33.8 Å². The number of carbonyl (C=O) groups excluding carboxylic acids is 2. The van der Waals surface area contributed by atoms with Crippen LogP contribution >= 0.6 is 0 Å². The van der Waals surface area contributed by atoms with Gasteiger partial charge in [0.15, 0.2) is 0 Å². The zero-order valence-corrected chi connectivity index (χ0v) is 36.3. The fourth-order valence-electron chi connectivity index (χ4n) is 8.63. The molecular formula is C50H78N3O4+. The number of amides is 1. The Morgan fingerprint density at radius 1 is 0.649 bits per heavy atom. The number of methoxy groups -OCH3 is 1. The summed E-state index contributed by atoms with van der Waals surface area (Å²) >= 11 is 0. The van der Waals surface area contributed by atoms with E-state index in [0.717, 1.165) is 42.8 Å². The Morgan fingerprint density at radius 2 is 1.11 bits per heavy atom. The molecule has 3 aromatic rings. The van der Waals surface area contributed by atoms with Crippen molar-refractivity contribution in [1.29, 1.82) is 0 Å². The summed E-state index contributed by atoms with van der Waals surface area (Å²) in [6, 6.07) is 15.8. The number of fused-ring (bicyclic) bond motifs is 3. The summed E-state index contributed by atoms with van der Waals surface area (Å²) in [6.07, 6.45) is 35.9. The van der Waals surface area contributed by atoms with Gasteiger partial charge in [-0.25, -0.2) is 18.7 Å². The van der Waals surface area contributed by atoms with Gasteiger partial charge >= 0.3 is 12.1 Å². The Kier molecular flexibility index (Phi) is 22.6. The molecule has 0 saturated carbocycles. The number of aromatic nitrogens is 2. The molecule has 0 saturated heterocycles. The van der Waals surface area contributed by atoms with Gasteiger partial charge in [0, 0.05) is 12.3 Å². The van der Waals surface area contributed by atoms with Crippen LogP contribution < -0.4 is 9.88 Å². The predicted octanol–water partition coefficient (Wildman–Crippen LogP) is 12.8. The second-order valence-corrected chi connectivity index (χ2v) is 16.7. The SMILES string of the molecule is CCCCCCCCCCCCCCn1c[n+](CCCCCCCCCCCCCC)cc1C[C@H](NC(=O)OCC1c2ccccc2-c2ccccc21)C(=O)OC. The standard InChI is InChI=1S/C50H77N3O4/c1-4-6-8-10-12-14-16-18-20-22-24-30-36-52-39-42(53(41-52)37-31-25-23-21-19-17-15-13-11-9-7-5-2)38-48(49(54)56-3)51-50(55)57-40-47-45-34-28-26-32-43(45)44-33-27-29-35-46(44)47/h26-29,32-35,39,41,47-48H,4-25,30-31,36-38,40H2,1-3H3/p+1/t48-/m0/s1. The van der Waals surface area contributed by atoms with Gasteiger partial charge in [0.1, 0.15) is 24.5 Å². The van der Waals surface area contributed by atoms with Crippen LogP contribution in [0.4, 0.5) is 4.79 Å². The smallest absolute Gasteiger partial charge is 0.407 e. The Hall–Kier alpha value is -3.61. The third-order valence-electron chi connectivity index (χ3n) is 12.0. The topological polar surface area (TPSA) is 73.4 Å². The number of nitrogens with one attached hydrogen (secondary N) is 1. The van der Waals surface area contributed by atoms with E-state index in [4.69, 9.17) is 9.47 Å². The number of ether oxygens (including phenoxy) is 2. The lowest BCUT2D eigenvalue weighted by Gasteiger charge is -2.18. The molecule has 0 unspecified atom stereocenters. The number of alkyl carbamates (subject to hydrolysis) is 1. The molecular weight excluding hydrogens is 707 g/mol. The first kappa shape index (κ1) is 46.1. The molecule has 2 aromatic carbocycles. The van der Waals surface area contributed by atoms with Gasteiger partial charge in [-0.3, -0.25) is 0 Å². The highest BCUT2D eigenvalue weighted by Crippen LogP contribution is 2.44. The number of rotatable bonds is 32. The number of unbranched alkanes of at least 4 members (excludes halogenated alkanes) is 22. The average molecular weight is 785 g/mol. The molecule has 4 rings (SSSR count). The van der Waals surface area contributed by atoms with Gasteiger partial charge < -0.3 is 14.8 Å². The van der Waals surface area contributed by atoms with Gasteiger partial charge in [0.05, 0.1) is 20.2 Å².